The number of amides is 1. The maximum Gasteiger partial charge on any atom is 0.303 e. The van der Waals surface area contributed by atoms with E-state index in [9.17, 15) is 9.59 Å². The number of ether oxygens (including phenoxy) is 1. The molecule has 0 bridgehead atoms. The molecule has 9 heteroatoms. The van der Waals surface area contributed by atoms with Crippen molar-refractivity contribution >= 4 is 11.9 Å². The molecule has 0 atom stereocenters. The Morgan fingerprint density at radius 1 is 1.06 bits per heavy atom. The number of carboxylic acids is 1. The SMILES string of the molecule is Cc1oc(-c2ccccc2)nc1CCOc1ccc(CCC(=O)O)c(CNC(=O)c2cnccn2)c1. The Morgan fingerprint density at radius 3 is 2.64 bits per heavy atom. The number of carbonyl (C=O) groups excluding carboxylic acids is 1. The fourth-order valence-corrected chi connectivity index (χ4v) is 3.65. The second-order valence-electron chi connectivity index (χ2n) is 8.08. The van der Waals surface area contributed by atoms with Crippen LogP contribution in [0.5, 0.6) is 5.75 Å². The van der Waals surface area contributed by atoms with E-state index in [-0.39, 0.29) is 24.6 Å². The smallest absolute Gasteiger partial charge is 0.303 e. The van der Waals surface area contributed by atoms with Crippen molar-refractivity contribution in [2.45, 2.75) is 32.7 Å². The van der Waals surface area contributed by atoms with Gasteiger partial charge >= 0.3 is 5.97 Å². The lowest BCUT2D eigenvalue weighted by Gasteiger charge is -2.13. The molecule has 0 saturated carbocycles. The first-order valence-electron chi connectivity index (χ1n) is 11.5. The van der Waals surface area contributed by atoms with Crippen LogP contribution in [0.25, 0.3) is 11.5 Å². The van der Waals surface area contributed by atoms with E-state index in [0.717, 1.165) is 28.1 Å². The quantitative estimate of drug-likeness (QED) is 0.326. The molecular weight excluding hydrogens is 460 g/mol. The number of hydrogen-bond donors (Lipinski definition) is 2. The van der Waals surface area contributed by atoms with Crippen LogP contribution in [0.1, 0.15) is 39.5 Å². The molecule has 0 unspecified atom stereocenters. The van der Waals surface area contributed by atoms with Gasteiger partial charge in [0.05, 0.1) is 18.5 Å². The van der Waals surface area contributed by atoms with Gasteiger partial charge in [0, 0.05) is 37.3 Å². The zero-order valence-electron chi connectivity index (χ0n) is 19.8. The monoisotopic (exact) mass is 486 g/mol. The molecule has 0 aliphatic carbocycles. The van der Waals surface area contributed by atoms with Crippen LogP contribution in [0.4, 0.5) is 0 Å². The fraction of sp³-hybridized carbons (Fsp3) is 0.222. The zero-order valence-corrected chi connectivity index (χ0v) is 19.8. The van der Waals surface area contributed by atoms with Gasteiger partial charge in [0.15, 0.2) is 0 Å². The van der Waals surface area contributed by atoms with E-state index in [1.165, 1.54) is 18.6 Å². The summed E-state index contributed by atoms with van der Waals surface area (Å²) < 4.78 is 11.8. The predicted octanol–water partition coefficient (Wildman–Crippen LogP) is 4.01. The van der Waals surface area contributed by atoms with Gasteiger partial charge in [-0.2, -0.15) is 0 Å². The number of carboxylic acid groups (broad SMARTS) is 1. The average molecular weight is 487 g/mol. The van der Waals surface area contributed by atoms with Gasteiger partial charge in [-0.15, -0.1) is 0 Å². The van der Waals surface area contributed by atoms with Crippen LogP contribution in [0.15, 0.2) is 71.5 Å². The van der Waals surface area contributed by atoms with Crippen molar-refractivity contribution in [2.75, 3.05) is 6.61 Å². The maximum atomic E-state index is 12.4. The van der Waals surface area contributed by atoms with E-state index in [1.54, 1.807) is 6.07 Å². The standard InChI is InChI=1S/C27H26N4O5/c1-18-23(31-27(36-18)20-5-3-2-4-6-20)11-14-35-22-9-7-19(8-10-25(32)33)21(15-22)16-30-26(34)24-17-28-12-13-29-24/h2-7,9,12-13,15,17H,8,10-11,14,16H2,1H3,(H,30,34)(H,32,33). The molecule has 0 fully saturated rings. The number of aryl methyl sites for hydroxylation is 2. The fourth-order valence-electron chi connectivity index (χ4n) is 3.65. The molecule has 4 rings (SSSR count). The van der Waals surface area contributed by atoms with Crippen LogP contribution in [-0.2, 0) is 24.2 Å². The molecule has 0 radical (unpaired) electrons. The number of nitrogens with zero attached hydrogens (tertiary/aromatic N) is 3. The number of hydrogen-bond acceptors (Lipinski definition) is 7. The third-order valence-electron chi connectivity index (χ3n) is 5.54. The van der Waals surface area contributed by atoms with E-state index in [2.05, 4.69) is 20.3 Å². The van der Waals surface area contributed by atoms with Crippen molar-refractivity contribution in [3.05, 3.63) is 95.4 Å². The molecule has 2 heterocycles. The normalized spacial score (nSPS) is 10.7. The summed E-state index contributed by atoms with van der Waals surface area (Å²) in [6, 6.07) is 15.2. The molecule has 0 spiro atoms. The Hall–Kier alpha value is -4.53. The summed E-state index contributed by atoms with van der Waals surface area (Å²) in [6.45, 7) is 2.45. The Balaban J connectivity index is 1.41. The highest BCUT2D eigenvalue weighted by Gasteiger charge is 2.13. The summed E-state index contributed by atoms with van der Waals surface area (Å²) in [4.78, 5) is 36.0. The molecule has 4 aromatic rings. The highest BCUT2D eigenvalue weighted by atomic mass is 16.5. The Bertz CT molecular complexity index is 1320. The number of aliphatic carboxylic acids is 1. The summed E-state index contributed by atoms with van der Waals surface area (Å²) in [7, 11) is 0. The highest BCUT2D eigenvalue weighted by molar-refractivity contribution is 5.91. The Morgan fingerprint density at radius 2 is 1.89 bits per heavy atom. The lowest BCUT2D eigenvalue weighted by Crippen LogP contribution is -2.24. The first kappa shape index (κ1) is 24.6. The van der Waals surface area contributed by atoms with Crippen molar-refractivity contribution < 1.29 is 23.8 Å². The molecule has 1 amide bonds. The molecule has 2 aromatic carbocycles. The van der Waals surface area contributed by atoms with Gasteiger partial charge in [-0.3, -0.25) is 14.6 Å². The van der Waals surface area contributed by atoms with E-state index >= 15 is 0 Å². The molecule has 0 saturated heterocycles. The number of aromatic nitrogens is 3. The molecule has 2 N–H and O–H groups in total. The summed E-state index contributed by atoms with van der Waals surface area (Å²) >= 11 is 0. The minimum absolute atomic E-state index is 0.0134. The Labute approximate surface area is 208 Å². The zero-order chi connectivity index (χ0) is 25.3. The van der Waals surface area contributed by atoms with E-state index in [4.69, 9.17) is 14.3 Å². The summed E-state index contributed by atoms with van der Waals surface area (Å²) in [5.74, 6) is 0.681. The molecule has 9 nitrogen and oxygen atoms in total. The third kappa shape index (κ3) is 6.53. The molecule has 0 aliphatic rings. The van der Waals surface area contributed by atoms with Crippen LogP contribution in [0.2, 0.25) is 0 Å². The lowest BCUT2D eigenvalue weighted by molar-refractivity contribution is -0.136. The number of oxazole rings is 1. The lowest BCUT2D eigenvalue weighted by atomic mass is 10.0. The van der Waals surface area contributed by atoms with Crippen molar-refractivity contribution in [2.24, 2.45) is 0 Å². The van der Waals surface area contributed by atoms with Crippen LogP contribution in [0, 0.1) is 6.92 Å². The van der Waals surface area contributed by atoms with Gasteiger partial charge in [0.2, 0.25) is 5.89 Å². The average Bonchev–Trinajstić information content (AvgIpc) is 3.27. The predicted molar refractivity (Wildman–Crippen MR) is 131 cm³/mol. The van der Waals surface area contributed by atoms with Crippen LogP contribution in [0.3, 0.4) is 0 Å². The van der Waals surface area contributed by atoms with Crippen LogP contribution in [-0.4, -0.2) is 38.5 Å². The molecular formula is C27H26N4O5. The van der Waals surface area contributed by atoms with Gasteiger partial charge in [-0.25, -0.2) is 9.97 Å². The van der Waals surface area contributed by atoms with Gasteiger partial charge < -0.3 is 19.6 Å². The summed E-state index contributed by atoms with van der Waals surface area (Å²) in [6.07, 6.45) is 5.20. The highest BCUT2D eigenvalue weighted by Crippen LogP contribution is 2.23. The van der Waals surface area contributed by atoms with Gasteiger partial charge in [-0.1, -0.05) is 24.3 Å². The van der Waals surface area contributed by atoms with Crippen LogP contribution < -0.4 is 10.1 Å². The maximum absolute atomic E-state index is 12.4. The van der Waals surface area contributed by atoms with Crippen molar-refractivity contribution in [1.82, 2.24) is 20.3 Å². The minimum Gasteiger partial charge on any atom is -0.493 e. The van der Waals surface area contributed by atoms with Gasteiger partial charge in [-0.05, 0) is 48.7 Å². The van der Waals surface area contributed by atoms with E-state index in [0.29, 0.717) is 31.1 Å². The first-order valence-corrected chi connectivity index (χ1v) is 11.5. The van der Waals surface area contributed by atoms with Gasteiger partial charge in [0.25, 0.3) is 5.91 Å². The summed E-state index contributed by atoms with van der Waals surface area (Å²) in [5.41, 5.74) is 3.54. The first-order chi connectivity index (χ1) is 17.5. The number of carbonyl (C=O) groups is 2. The molecule has 36 heavy (non-hydrogen) atoms. The van der Waals surface area contributed by atoms with Crippen LogP contribution >= 0.6 is 0 Å². The second-order valence-corrected chi connectivity index (χ2v) is 8.08. The number of benzene rings is 2. The van der Waals surface area contributed by atoms with E-state index in [1.807, 2.05) is 49.4 Å². The van der Waals surface area contributed by atoms with E-state index < -0.39 is 5.97 Å². The van der Waals surface area contributed by atoms with Crippen molar-refractivity contribution in [3.63, 3.8) is 0 Å². The number of rotatable bonds is 11. The topological polar surface area (TPSA) is 127 Å². The van der Waals surface area contributed by atoms with Gasteiger partial charge in [0.1, 0.15) is 17.2 Å². The molecule has 184 valence electrons. The summed E-state index contributed by atoms with van der Waals surface area (Å²) in [5, 5.41) is 11.9. The minimum atomic E-state index is -0.886. The molecule has 0 aliphatic heterocycles. The second kappa shape index (κ2) is 11.7. The van der Waals surface area contributed by atoms with Crippen molar-refractivity contribution in [1.29, 1.82) is 0 Å². The largest absolute Gasteiger partial charge is 0.493 e. The number of nitrogens with one attached hydrogen (secondary N) is 1. The van der Waals surface area contributed by atoms with Crippen molar-refractivity contribution in [3.8, 4) is 17.2 Å². The Kier molecular flexibility index (Phi) is 8.02. The third-order valence-corrected chi connectivity index (χ3v) is 5.54. The molecule has 2 aromatic heterocycles.